The van der Waals surface area contributed by atoms with Crippen LogP contribution in [-0.2, 0) is 0 Å². The van der Waals surface area contributed by atoms with Crippen LogP contribution in [0, 0.1) is 5.41 Å². The molecule has 0 N–H and O–H groups in total. The molecule has 2 aliphatic rings. The molecule has 0 aromatic rings. The first-order valence-corrected chi connectivity index (χ1v) is 4.26. The van der Waals surface area contributed by atoms with E-state index >= 15 is 0 Å². The summed E-state index contributed by atoms with van der Waals surface area (Å²) in [7, 11) is 2.97. The maximum atomic E-state index is 2.97. The van der Waals surface area contributed by atoms with Crippen LogP contribution in [0.4, 0.5) is 0 Å². The van der Waals surface area contributed by atoms with Crippen molar-refractivity contribution >= 4 is 9.24 Å². The van der Waals surface area contributed by atoms with Gasteiger partial charge in [0, 0.05) is 0 Å². The van der Waals surface area contributed by atoms with Gasteiger partial charge >= 0.3 is 0 Å². The van der Waals surface area contributed by atoms with Gasteiger partial charge in [-0.3, -0.25) is 0 Å². The highest BCUT2D eigenvalue weighted by atomic mass is 31.0. The first kappa shape index (κ1) is 5.23. The molecule has 2 aliphatic carbocycles. The van der Waals surface area contributed by atoms with Gasteiger partial charge < -0.3 is 0 Å². The van der Waals surface area contributed by atoms with E-state index in [0.29, 0.717) is 0 Å². The lowest BCUT2D eigenvalue weighted by Crippen LogP contribution is -1.93. The van der Waals surface area contributed by atoms with Gasteiger partial charge in [0.25, 0.3) is 0 Å². The quantitative estimate of drug-likeness (QED) is 0.439. The normalized spacial score (nSPS) is 40.9. The molecular weight excluding hydrogens is 115 g/mol. The fourth-order valence-electron chi connectivity index (χ4n) is 2.03. The van der Waals surface area contributed by atoms with Gasteiger partial charge in [-0.1, -0.05) is 12.8 Å². The molecule has 46 valence electrons. The minimum atomic E-state index is 0.866. The van der Waals surface area contributed by atoms with Crippen LogP contribution in [-0.4, -0.2) is 5.66 Å². The van der Waals surface area contributed by atoms with Gasteiger partial charge in [0.1, 0.15) is 0 Å². The zero-order valence-electron chi connectivity index (χ0n) is 5.19. The summed E-state index contributed by atoms with van der Waals surface area (Å²) in [6, 6.07) is 0. The average Bonchev–Trinajstić information content (AvgIpc) is 2.29. The van der Waals surface area contributed by atoms with Gasteiger partial charge in [0.2, 0.25) is 0 Å². The Morgan fingerprint density at radius 2 is 1.75 bits per heavy atom. The molecule has 2 rings (SSSR count). The van der Waals surface area contributed by atoms with Crippen molar-refractivity contribution in [3.05, 3.63) is 0 Å². The Bertz CT molecular complexity index is 103. The molecule has 0 bridgehead atoms. The molecule has 0 nitrogen and oxygen atoms in total. The van der Waals surface area contributed by atoms with Crippen molar-refractivity contribution in [1.82, 2.24) is 0 Å². The van der Waals surface area contributed by atoms with Crippen LogP contribution in [0.25, 0.3) is 0 Å². The standard InChI is InChI=1S/C7H13P/c8-6-5-7(6)3-1-2-4-7/h6H,1-5,8H2. The van der Waals surface area contributed by atoms with Gasteiger partial charge in [0.15, 0.2) is 0 Å². The van der Waals surface area contributed by atoms with E-state index in [-0.39, 0.29) is 0 Å². The molecule has 2 saturated carbocycles. The molecule has 0 aromatic heterocycles. The first-order chi connectivity index (χ1) is 3.83. The zero-order chi connectivity index (χ0) is 5.61. The Morgan fingerprint density at radius 1 is 1.25 bits per heavy atom. The Balaban J connectivity index is 2.06. The van der Waals surface area contributed by atoms with Gasteiger partial charge in [-0.05, 0) is 30.3 Å². The highest BCUT2D eigenvalue weighted by Gasteiger charge is 2.51. The second-order valence-corrected chi connectivity index (χ2v) is 4.18. The van der Waals surface area contributed by atoms with E-state index in [1.807, 2.05) is 0 Å². The van der Waals surface area contributed by atoms with Crippen molar-refractivity contribution in [3.63, 3.8) is 0 Å². The SMILES string of the molecule is PC1CC12CCCC2. The Kier molecular flexibility index (Phi) is 0.965. The second-order valence-electron chi connectivity index (χ2n) is 3.38. The zero-order valence-corrected chi connectivity index (χ0v) is 6.34. The molecule has 1 spiro atoms. The van der Waals surface area contributed by atoms with Crippen LogP contribution >= 0.6 is 9.24 Å². The third-order valence-corrected chi connectivity index (χ3v) is 3.80. The van der Waals surface area contributed by atoms with Gasteiger partial charge in [0.05, 0.1) is 0 Å². The largest absolute Gasteiger partial charge is 0.134 e. The number of hydrogen-bond donors (Lipinski definition) is 0. The van der Waals surface area contributed by atoms with Crippen molar-refractivity contribution in [2.24, 2.45) is 5.41 Å². The van der Waals surface area contributed by atoms with E-state index in [1.165, 1.54) is 32.1 Å². The maximum Gasteiger partial charge on any atom is -0.0202 e. The van der Waals surface area contributed by atoms with Gasteiger partial charge in [-0.2, -0.15) is 0 Å². The third-order valence-electron chi connectivity index (χ3n) is 2.85. The number of hydrogen-bond acceptors (Lipinski definition) is 0. The molecule has 0 aliphatic heterocycles. The van der Waals surface area contributed by atoms with E-state index < -0.39 is 0 Å². The molecule has 2 atom stereocenters. The molecule has 0 radical (unpaired) electrons. The van der Waals surface area contributed by atoms with E-state index in [1.54, 1.807) is 0 Å². The van der Waals surface area contributed by atoms with Crippen LogP contribution in [0.2, 0.25) is 0 Å². The molecule has 1 heteroatoms. The van der Waals surface area contributed by atoms with Crippen molar-refractivity contribution < 1.29 is 0 Å². The summed E-state index contributed by atoms with van der Waals surface area (Å²) in [5, 5.41) is 0. The Hall–Kier alpha value is 0.430. The summed E-state index contributed by atoms with van der Waals surface area (Å²) in [6.45, 7) is 0. The molecule has 0 heterocycles. The molecule has 8 heavy (non-hydrogen) atoms. The van der Waals surface area contributed by atoms with Crippen LogP contribution < -0.4 is 0 Å². The summed E-state index contributed by atoms with van der Waals surface area (Å²) in [5.74, 6) is 0. The lowest BCUT2D eigenvalue weighted by molar-refractivity contribution is 0.539. The van der Waals surface area contributed by atoms with E-state index in [2.05, 4.69) is 9.24 Å². The van der Waals surface area contributed by atoms with Crippen molar-refractivity contribution in [3.8, 4) is 0 Å². The summed E-state index contributed by atoms with van der Waals surface area (Å²) >= 11 is 0. The van der Waals surface area contributed by atoms with Crippen LogP contribution in [0.15, 0.2) is 0 Å². The topological polar surface area (TPSA) is 0 Å². The minimum Gasteiger partial charge on any atom is -0.134 e. The van der Waals surface area contributed by atoms with Crippen LogP contribution in [0.3, 0.4) is 0 Å². The summed E-state index contributed by atoms with van der Waals surface area (Å²) in [6.07, 6.45) is 7.58. The highest BCUT2D eigenvalue weighted by Crippen LogP contribution is 2.61. The van der Waals surface area contributed by atoms with Gasteiger partial charge in [-0.25, -0.2) is 0 Å². The summed E-state index contributed by atoms with van der Waals surface area (Å²) < 4.78 is 0. The van der Waals surface area contributed by atoms with E-state index in [4.69, 9.17) is 0 Å². The fraction of sp³-hybridized carbons (Fsp3) is 1.00. The fourth-order valence-corrected chi connectivity index (χ4v) is 2.84. The Morgan fingerprint density at radius 3 is 2.00 bits per heavy atom. The van der Waals surface area contributed by atoms with Crippen LogP contribution in [0.5, 0.6) is 0 Å². The summed E-state index contributed by atoms with van der Waals surface area (Å²) in [4.78, 5) is 0. The minimum absolute atomic E-state index is 0.866. The van der Waals surface area contributed by atoms with Crippen molar-refractivity contribution in [2.45, 2.75) is 37.8 Å². The molecule has 0 aromatic carbocycles. The molecule has 2 fully saturated rings. The smallest absolute Gasteiger partial charge is 0.0202 e. The van der Waals surface area contributed by atoms with Crippen LogP contribution in [0.1, 0.15) is 32.1 Å². The first-order valence-electron chi connectivity index (χ1n) is 3.59. The highest BCUT2D eigenvalue weighted by molar-refractivity contribution is 7.18. The van der Waals surface area contributed by atoms with E-state index in [0.717, 1.165) is 11.1 Å². The van der Waals surface area contributed by atoms with E-state index in [9.17, 15) is 0 Å². The van der Waals surface area contributed by atoms with Crippen molar-refractivity contribution in [1.29, 1.82) is 0 Å². The lowest BCUT2D eigenvalue weighted by Gasteiger charge is -2.01. The Labute approximate surface area is 53.2 Å². The van der Waals surface area contributed by atoms with Gasteiger partial charge in [-0.15, -0.1) is 9.24 Å². The predicted octanol–water partition coefficient (Wildman–Crippen LogP) is 2.19. The molecule has 0 saturated heterocycles. The maximum absolute atomic E-state index is 2.97. The molecule has 0 amide bonds. The van der Waals surface area contributed by atoms with Crippen molar-refractivity contribution in [2.75, 3.05) is 0 Å². The third kappa shape index (κ3) is 0.558. The second kappa shape index (κ2) is 1.48. The number of rotatable bonds is 0. The predicted molar refractivity (Wildman–Crippen MR) is 39.0 cm³/mol. The molecule has 2 unspecified atom stereocenters. The lowest BCUT2D eigenvalue weighted by atomic mass is 10.1. The average molecular weight is 128 g/mol. The monoisotopic (exact) mass is 128 g/mol. The summed E-state index contributed by atoms with van der Waals surface area (Å²) in [5.41, 5.74) is 1.87. The molecular formula is C7H13P.